The molecule has 6 atom stereocenters. The molecule has 1 saturated carbocycles. The number of aromatic nitrogens is 7. The number of aryl methyl sites for hydroxylation is 1. The summed E-state index contributed by atoms with van der Waals surface area (Å²) in [5.74, 6) is -4.56. The van der Waals surface area contributed by atoms with Crippen molar-refractivity contribution in [2.45, 2.75) is 109 Å². The fraction of sp³-hybridized carbons (Fsp3) is 0.383. The van der Waals surface area contributed by atoms with Crippen LogP contribution in [0.1, 0.15) is 151 Å². The third-order valence-corrected chi connectivity index (χ3v) is 20.4. The number of nitrogens with zero attached hydrogens (tertiary/aromatic N) is 8. The predicted molar refractivity (Wildman–Crippen MR) is 348 cm³/mol. The van der Waals surface area contributed by atoms with E-state index in [4.69, 9.17) is 35.1 Å². The molecule has 9 N–H and O–H groups in total. The van der Waals surface area contributed by atoms with Crippen LogP contribution < -0.4 is 31.9 Å². The molecule has 0 bridgehead atoms. The van der Waals surface area contributed by atoms with Gasteiger partial charge in [-0.15, -0.1) is 68.0 Å². The van der Waals surface area contributed by atoms with E-state index in [2.05, 4.69) is 36.2 Å². The number of nitrogens with two attached hydrogens (primary N) is 1. The zero-order valence-corrected chi connectivity index (χ0v) is 55.2. The van der Waals surface area contributed by atoms with E-state index in [1.165, 1.54) is 87.1 Å². The number of methoxy groups -OCH3 is 1. The summed E-state index contributed by atoms with van der Waals surface area (Å²) in [5, 5.41) is 51.1. The number of carboxylic acid groups (broad SMARTS) is 2. The van der Waals surface area contributed by atoms with Crippen LogP contribution in [0.5, 0.6) is 0 Å². The van der Waals surface area contributed by atoms with Gasteiger partial charge >= 0.3 is 18.0 Å². The van der Waals surface area contributed by atoms with E-state index in [9.17, 15) is 53.7 Å². The number of rotatable bonds is 30. The Balaban J connectivity index is 0.931. The SMILES string of the molecule is CNC(=O)C[C@H](N)c1nc(C(=O)NC(c2nc(C(=O)NCC(=O)N[C@H](c3nc(-c4nc(-c5nc(-c6nc(N(CCCCCC(=O)O)C(=O)O[C@H]7CC[C@H](C(=O)O)C7)cs6)ccc5-c5nc(C=O)cs5)cs4)cs3)[C@@H](O)c3ccccc3)c(COC)s2)C(C)C)c(C)s1. The molecule has 9 rings (SSSR count). The molecule has 0 radical (unpaired) electrons. The summed E-state index contributed by atoms with van der Waals surface area (Å²) in [4.78, 5) is 138. The van der Waals surface area contributed by atoms with E-state index >= 15 is 0 Å². The minimum absolute atomic E-state index is 0.00335. The maximum Gasteiger partial charge on any atom is 0.415 e. The summed E-state index contributed by atoms with van der Waals surface area (Å²) in [6, 6.07) is 9.70. The standard InChI is InChI=1S/C60H65N13O13S6/c1-29(2)45(70-52(81)46-30(3)91-54(71-46)36(61)21-42(75)62-4)58-72-48(40(92-58)24-85-5)51(80)63-22-43(76)69-49(50(79)31-12-8-6-9-13-31)57-67-39(27-89-57)56-66-38(26-88-56)47-35(53-64-33(23-74)25-87-53)17-18-37(65-47)55-68-41(28-90-55)73(19-11-7-10-14-44(77)78)60(84)86-34-16-15-32(20-34)59(82)83/h6,8-9,12-13,17-18,23,25-29,32,34,36,45,49-50,79H,7,10-11,14-16,19-22,24,61H2,1-5H3,(H,62,75)(H,63,80)(H,69,76)(H,70,81)(H,77,78)(H,82,83)/t32-,34-,36-,45?,49-,50-/m0/s1. The molecule has 1 aliphatic rings. The van der Waals surface area contributed by atoms with Gasteiger partial charge < -0.3 is 51.8 Å². The second kappa shape index (κ2) is 31.4. The summed E-state index contributed by atoms with van der Waals surface area (Å²) in [6.07, 6.45) is 0.308. The number of aliphatic carboxylic acids is 2. The molecule has 0 aliphatic heterocycles. The molecule has 7 heterocycles. The number of unbranched alkanes of at least 4 members (excludes halogenated alkanes) is 2. The Morgan fingerprint density at radius 1 is 0.750 bits per heavy atom. The van der Waals surface area contributed by atoms with Crippen LogP contribution in [0.25, 0.3) is 43.4 Å². The zero-order chi connectivity index (χ0) is 65.8. The van der Waals surface area contributed by atoms with Gasteiger partial charge in [-0.2, -0.15) is 0 Å². The van der Waals surface area contributed by atoms with Crippen LogP contribution in [0, 0.1) is 18.8 Å². The minimum atomic E-state index is -1.31. The van der Waals surface area contributed by atoms with Gasteiger partial charge in [-0.1, -0.05) is 50.6 Å². The van der Waals surface area contributed by atoms with E-state index in [0.717, 1.165) is 0 Å². The van der Waals surface area contributed by atoms with Gasteiger partial charge in [0, 0.05) is 65.5 Å². The fourth-order valence-corrected chi connectivity index (χ4v) is 15.3. The molecular formula is C60H65N13O13S6. The summed E-state index contributed by atoms with van der Waals surface area (Å²) in [5.41, 5.74) is 9.24. The lowest BCUT2D eigenvalue weighted by Crippen LogP contribution is -2.40. The van der Waals surface area contributed by atoms with Gasteiger partial charge in [0.25, 0.3) is 11.8 Å². The lowest BCUT2D eigenvalue weighted by Gasteiger charge is -2.23. The van der Waals surface area contributed by atoms with Crippen molar-refractivity contribution >= 4 is 122 Å². The van der Waals surface area contributed by atoms with Crippen molar-refractivity contribution in [3.63, 3.8) is 0 Å². The van der Waals surface area contributed by atoms with Gasteiger partial charge in [-0.25, -0.2) is 39.7 Å². The van der Waals surface area contributed by atoms with Gasteiger partial charge in [-0.3, -0.25) is 38.5 Å². The average molecular weight is 1370 g/mol. The first-order chi connectivity index (χ1) is 44.2. The smallest absolute Gasteiger partial charge is 0.415 e. The fourth-order valence-electron chi connectivity index (χ4n) is 9.84. The van der Waals surface area contributed by atoms with Crippen molar-refractivity contribution in [3.8, 4) is 43.4 Å². The van der Waals surface area contributed by atoms with E-state index in [1.807, 2.05) is 13.8 Å². The molecule has 92 heavy (non-hydrogen) atoms. The molecule has 7 aromatic heterocycles. The topological polar surface area (TPSA) is 383 Å². The first-order valence-electron chi connectivity index (χ1n) is 29.0. The molecular weight excluding hydrogens is 1300 g/mol. The summed E-state index contributed by atoms with van der Waals surface area (Å²) in [7, 11) is 2.97. The summed E-state index contributed by atoms with van der Waals surface area (Å²) in [6.45, 7) is 5.12. The molecule has 1 fully saturated rings. The monoisotopic (exact) mass is 1370 g/mol. The van der Waals surface area contributed by atoms with Gasteiger partial charge in [-0.05, 0) is 62.6 Å². The average Bonchev–Trinajstić information content (AvgIpc) is 1.68. The Morgan fingerprint density at radius 3 is 2.20 bits per heavy atom. The number of amides is 5. The number of anilines is 1. The number of aliphatic hydroxyl groups is 1. The Bertz CT molecular complexity index is 3960. The van der Waals surface area contributed by atoms with E-state index in [0.29, 0.717) is 112 Å². The minimum Gasteiger partial charge on any atom is -0.481 e. The normalized spacial score (nSPS) is 15.1. The van der Waals surface area contributed by atoms with Crippen LogP contribution in [0.3, 0.4) is 0 Å². The number of aldehydes is 1. The van der Waals surface area contributed by atoms with Gasteiger partial charge in [0.15, 0.2) is 6.29 Å². The number of carboxylic acids is 2. The van der Waals surface area contributed by atoms with Crippen molar-refractivity contribution in [1.82, 2.24) is 56.2 Å². The zero-order valence-electron chi connectivity index (χ0n) is 50.3. The van der Waals surface area contributed by atoms with Crippen molar-refractivity contribution < 1.29 is 63.1 Å². The second-order valence-corrected chi connectivity index (χ2v) is 27.4. The Labute approximate surface area is 551 Å². The number of pyridine rings is 1. The molecule has 32 heteroatoms. The first-order valence-corrected chi connectivity index (χ1v) is 34.1. The molecule has 484 valence electrons. The van der Waals surface area contributed by atoms with Crippen LogP contribution in [0.15, 0.2) is 64.0 Å². The highest BCUT2D eigenvalue weighted by molar-refractivity contribution is 7.15. The van der Waals surface area contributed by atoms with E-state index in [-0.39, 0.29) is 67.1 Å². The lowest BCUT2D eigenvalue weighted by atomic mass is 10.0. The number of nitrogens with one attached hydrogen (secondary N) is 4. The van der Waals surface area contributed by atoms with Crippen LogP contribution in [-0.4, -0.2) is 132 Å². The quantitative estimate of drug-likeness (QED) is 0.0153. The third-order valence-electron chi connectivity index (χ3n) is 14.6. The lowest BCUT2D eigenvalue weighted by molar-refractivity contribution is -0.142. The molecule has 0 saturated heterocycles. The van der Waals surface area contributed by atoms with Crippen LogP contribution in [0.4, 0.5) is 10.6 Å². The van der Waals surface area contributed by atoms with E-state index < -0.39 is 78.5 Å². The largest absolute Gasteiger partial charge is 0.481 e. The van der Waals surface area contributed by atoms with Crippen molar-refractivity contribution in [2.24, 2.45) is 17.6 Å². The molecule has 1 aromatic carbocycles. The summed E-state index contributed by atoms with van der Waals surface area (Å²) >= 11 is 7.26. The maximum atomic E-state index is 14.0. The number of hydrogen-bond donors (Lipinski definition) is 8. The van der Waals surface area contributed by atoms with Crippen molar-refractivity contribution in [2.75, 3.05) is 32.1 Å². The Morgan fingerprint density at radius 2 is 1.49 bits per heavy atom. The highest BCUT2D eigenvalue weighted by atomic mass is 32.1. The predicted octanol–water partition coefficient (Wildman–Crippen LogP) is 9.18. The second-order valence-electron chi connectivity index (χ2n) is 21.6. The number of ether oxygens (including phenoxy) is 2. The number of benzene rings is 1. The highest BCUT2D eigenvalue weighted by Crippen LogP contribution is 2.40. The van der Waals surface area contributed by atoms with Crippen LogP contribution in [-0.2, 0) is 35.3 Å². The number of aliphatic hydroxyl groups excluding tert-OH is 1. The molecule has 5 amide bonds. The van der Waals surface area contributed by atoms with Crippen molar-refractivity contribution in [3.05, 3.63) is 111 Å². The molecule has 1 aliphatic carbocycles. The number of hydrogen-bond acceptors (Lipinski definition) is 25. The molecule has 26 nitrogen and oxygen atoms in total. The van der Waals surface area contributed by atoms with Crippen LogP contribution in [0.2, 0.25) is 0 Å². The van der Waals surface area contributed by atoms with E-state index in [1.54, 1.807) is 70.9 Å². The molecule has 0 spiro atoms. The van der Waals surface area contributed by atoms with Crippen molar-refractivity contribution in [1.29, 1.82) is 0 Å². The Hall–Kier alpha value is -8.21. The number of thiazole rings is 6. The summed E-state index contributed by atoms with van der Waals surface area (Å²) < 4.78 is 11.3. The number of carbonyl (C=O) groups excluding carboxylic acids is 6. The van der Waals surface area contributed by atoms with Gasteiger partial charge in [0.2, 0.25) is 11.8 Å². The molecule has 8 aromatic rings. The highest BCUT2D eigenvalue weighted by Gasteiger charge is 2.35. The van der Waals surface area contributed by atoms with Gasteiger partial charge in [0.1, 0.15) is 88.3 Å². The maximum absolute atomic E-state index is 14.0. The number of carbonyl (C=O) groups is 8. The Kier molecular flexibility index (Phi) is 23.3. The van der Waals surface area contributed by atoms with Gasteiger partial charge in [0.05, 0.1) is 41.7 Å². The first kappa shape index (κ1) is 68.2. The third kappa shape index (κ3) is 16.9. The molecule has 1 unspecified atom stereocenters. The van der Waals surface area contributed by atoms with Crippen LogP contribution >= 0.6 is 68.0 Å².